The molecule has 0 saturated heterocycles. The van der Waals surface area contributed by atoms with Gasteiger partial charge < -0.3 is 9.47 Å². The summed E-state index contributed by atoms with van der Waals surface area (Å²) >= 11 is 0. The topological polar surface area (TPSA) is 56.5 Å². The molecule has 21 heavy (non-hydrogen) atoms. The average molecular weight is 286 g/mol. The molecule has 1 atom stereocenters. The summed E-state index contributed by atoms with van der Waals surface area (Å²) in [5.41, 5.74) is 6.29. The molecule has 4 heteroatoms. The summed E-state index contributed by atoms with van der Waals surface area (Å²) in [5, 5.41) is 0. The maximum atomic E-state index is 5.61. The van der Waals surface area contributed by atoms with Crippen molar-refractivity contribution in [1.29, 1.82) is 0 Å². The summed E-state index contributed by atoms with van der Waals surface area (Å²) < 4.78 is 10.5. The van der Waals surface area contributed by atoms with Crippen LogP contribution in [0.5, 0.6) is 0 Å². The number of benzene rings is 2. The second-order valence-corrected chi connectivity index (χ2v) is 4.78. The van der Waals surface area contributed by atoms with Crippen LogP contribution in [0.3, 0.4) is 0 Å². The van der Waals surface area contributed by atoms with Gasteiger partial charge in [-0.05, 0) is 16.7 Å². The van der Waals surface area contributed by atoms with Gasteiger partial charge in [-0.3, -0.25) is 11.3 Å². The van der Waals surface area contributed by atoms with E-state index in [4.69, 9.17) is 15.3 Å². The highest BCUT2D eigenvalue weighted by Gasteiger charge is 2.09. The molecule has 1 unspecified atom stereocenters. The summed E-state index contributed by atoms with van der Waals surface area (Å²) in [6.07, 6.45) is 0. The van der Waals surface area contributed by atoms with Crippen LogP contribution in [0.25, 0.3) is 11.1 Å². The fourth-order valence-electron chi connectivity index (χ4n) is 2.12. The van der Waals surface area contributed by atoms with Crippen molar-refractivity contribution in [3.63, 3.8) is 0 Å². The molecule has 0 heterocycles. The third kappa shape index (κ3) is 4.65. The first-order valence-corrected chi connectivity index (χ1v) is 7.03. The molecule has 0 fully saturated rings. The van der Waals surface area contributed by atoms with Crippen molar-refractivity contribution >= 4 is 0 Å². The van der Waals surface area contributed by atoms with E-state index < -0.39 is 0 Å². The largest absolute Gasteiger partial charge is 0.382 e. The van der Waals surface area contributed by atoms with E-state index >= 15 is 0 Å². The lowest BCUT2D eigenvalue weighted by Crippen LogP contribution is -2.31. The smallest absolute Gasteiger partial charge is 0.0701 e. The number of rotatable bonds is 8. The minimum absolute atomic E-state index is 0.0216. The lowest BCUT2D eigenvalue weighted by molar-refractivity contribution is 0.0586. The molecule has 0 bridgehead atoms. The minimum Gasteiger partial charge on any atom is -0.382 e. The molecule has 2 rings (SSSR count). The molecule has 112 valence electrons. The van der Waals surface area contributed by atoms with Crippen LogP contribution in [0.4, 0.5) is 0 Å². The Morgan fingerprint density at radius 2 is 1.62 bits per heavy atom. The van der Waals surface area contributed by atoms with Crippen LogP contribution in [0.1, 0.15) is 11.6 Å². The zero-order chi connectivity index (χ0) is 14.9. The molecule has 0 aliphatic carbocycles. The second kappa shape index (κ2) is 8.54. The second-order valence-electron chi connectivity index (χ2n) is 4.78. The fourth-order valence-corrected chi connectivity index (χ4v) is 2.12. The van der Waals surface area contributed by atoms with Gasteiger partial charge >= 0.3 is 0 Å². The quantitative estimate of drug-likeness (QED) is 0.445. The van der Waals surface area contributed by atoms with Crippen LogP contribution in [0, 0.1) is 0 Å². The molecule has 0 aliphatic rings. The number of hydrazine groups is 1. The van der Waals surface area contributed by atoms with Crippen molar-refractivity contribution < 1.29 is 9.47 Å². The highest BCUT2D eigenvalue weighted by Crippen LogP contribution is 2.21. The zero-order valence-corrected chi connectivity index (χ0v) is 12.3. The molecule has 0 spiro atoms. The number of nitrogens with two attached hydrogens (primary N) is 1. The third-order valence-electron chi connectivity index (χ3n) is 3.34. The van der Waals surface area contributed by atoms with Gasteiger partial charge in [0.25, 0.3) is 0 Å². The average Bonchev–Trinajstić information content (AvgIpc) is 2.56. The van der Waals surface area contributed by atoms with Gasteiger partial charge in [0.15, 0.2) is 0 Å². The molecule has 2 aromatic rings. The molecular weight excluding hydrogens is 264 g/mol. The predicted molar refractivity (Wildman–Crippen MR) is 84.6 cm³/mol. The van der Waals surface area contributed by atoms with Crippen LogP contribution in [0.15, 0.2) is 54.6 Å². The summed E-state index contributed by atoms with van der Waals surface area (Å²) in [6, 6.07) is 18.6. The van der Waals surface area contributed by atoms with Crippen LogP contribution < -0.4 is 11.3 Å². The molecule has 0 saturated carbocycles. The van der Waals surface area contributed by atoms with Crippen LogP contribution in [0.2, 0.25) is 0 Å². The molecule has 0 amide bonds. The summed E-state index contributed by atoms with van der Waals surface area (Å²) in [6.45, 7) is 1.67. The highest BCUT2D eigenvalue weighted by molar-refractivity contribution is 5.63. The van der Waals surface area contributed by atoms with E-state index in [9.17, 15) is 0 Å². The first-order valence-electron chi connectivity index (χ1n) is 7.03. The Labute approximate surface area is 125 Å². The molecule has 2 aromatic carbocycles. The van der Waals surface area contributed by atoms with E-state index in [1.807, 2.05) is 18.2 Å². The van der Waals surface area contributed by atoms with Crippen molar-refractivity contribution in [2.45, 2.75) is 6.04 Å². The molecule has 3 N–H and O–H groups in total. The van der Waals surface area contributed by atoms with Gasteiger partial charge in [-0.25, -0.2) is 0 Å². The zero-order valence-electron chi connectivity index (χ0n) is 12.3. The Morgan fingerprint density at radius 3 is 2.24 bits per heavy atom. The standard InChI is InChI=1S/C17H22N2O2/c1-20-11-12-21-13-17(19-18)16-9-7-15(8-10-16)14-5-3-2-4-6-14/h2-10,17,19H,11-13,18H2,1H3. The van der Waals surface area contributed by atoms with E-state index in [0.717, 1.165) is 5.56 Å². The Morgan fingerprint density at radius 1 is 0.952 bits per heavy atom. The van der Waals surface area contributed by atoms with Crippen molar-refractivity contribution in [3.8, 4) is 11.1 Å². The van der Waals surface area contributed by atoms with Gasteiger partial charge in [-0.1, -0.05) is 54.6 Å². The van der Waals surface area contributed by atoms with Crippen LogP contribution >= 0.6 is 0 Å². The monoisotopic (exact) mass is 286 g/mol. The summed E-state index contributed by atoms with van der Waals surface area (Å²) in [5.74, 6) is 5.61. The molecule has 0 aliphatic heterocycles. The molecular formula is C17H22N2O2. The number of nitrogens with one attached hydrogen (secondary N) is 1. The SMILES string of the molecule is COCCOCC(NN)c1ccc(-c2ccccc2)cc1. The number of ether oxygens (including phenoxy) is 2. The Bertz CT molecular complexity index is 514. The first-order chi connectivity index (χ1) is 10.3. The summed E-state index contributed by atoms with van der Waals surface area (Å²) in [4.78, 5) is 0. The normalized spacial score (nSPS) is 12.3. The van der Waals surface area contributed by atoms with Crippen LogP contribution in [-0.4, -0.2) is 26.9 Å². The predicted octanol–water partition coefficient (Wildman–Crippen LogP) is 2.52. The van der Waals surface area contributed by atoms with Crippen molar-refractivity contribution in [1.82, 2.24) is 5.43 Å². The molecule has 4 nitrogen and oxygen atoms in total. The van der Waals surface area contributed by atoms with E-state index in [0.29, 0.717) is 19.8 Å². The number of methoxy groups -OCH3 is 1. The fraction of sp³-hybridized carbons (Fsp3) is 0.294. The first kappa shape index (κ1) is 15.7. The lowest BCUT2D eigenvalue weighted by Gasteiger charge is -2.17. The van der Waals surface area contributed by atoms with Gasteiger partial charge in [0.05, 0.1) is 25.9 Å². The lowest BCUT2D eigenvalue weighted by atomic mass is 10.0. The molecule has 0 radical (unpaired) electrons. The van der Waals surface area contributed by atoms with Gasteiger partial charge in [0.2, 0.25) is 0 Å². The van der Waals surface area contributed by atoms with Crippen molar-refractivity contribution in [2.75, 3.05) is 26.9 Å². The van der Waals surface area contributed by atoms with Crippen molar-refractivity contribution in [3.05, 3.63) is 60.2 Å². The van der Waals surface area contributed by atoms with Gasteiger partial charge in [-0.2, -0.15) is 0 Å². The van der Waals surface area contributed by atoms with E-state index in [2.05, 4.69) is 41.8 Å². The number of hydrogen-bond donors (Lipinski definition) is 2. The van der Waals surface area contributed by atoms with E-state index in [-0.39, 0.29) is 6.04 Å². The highest BCUT2D eigenvalue weighted by atomic mass is 16.5. The maximum Gasteiger partial charge on any atom is 0.0701 e. The molecule has 0 aromatic heterocycles. The Balaban J connectivity index is 1.99. The number of hydrogen-bond acceptors (Lipinski definition) is 4. The van der Waals surface area contributed by atoms with Crippen LogP contribution in [-0.2, 0) is 9.47 Å². The van der Waals surface area contributed by atoms with Crippen molar-refractivity contribution in [2.24, 2.45) is 5.84 Å². The van der Waals surface area contributed by atoms with E-state index in [1.54, 1.807) is 7.11 Å². The maximum absolute atomic E-state index is 5.61. The van der Waals surface area contributed by atoms with E-state index in [1.165, 1.54) is 11.1 Å². The minimum atomic E-state index is -0.0216. The summed E-state index contributed by atoms with van der Waals surface area (Å²) in [7, 11) is 1.66. The Kier molecular flexibility index (Phi) is 6.37. The third-order valence-corrected chi connectivity index (χ3v) is 3.34. The van der Waals surface area contributed by atoms with Gasteiger partial charge in [-0.15, -0.1) is 0 Å². The Hall–Kier alpha value is -1.72. The van der Waals surface area contributed by atoms with Gasteiger partial charge in [0.1, 0.15) is 0 Å². The van der Waals surface area contributed by atoms with Gasteiger partial charge in [0, 0.05) is 7.11 Å².